The predicted molar refractivity (Wildman–Crippen MR) is 97.3 cm³/mol. The summed E-state index contributed by atoms with van der Waals surface area (Å²) in [5.74, 6) is 1.49. The topological polar surface area (TPSA) is 74.9 Å². The lowest BCUT2D eigenvalue weighted by Gasteiger charge is -2.16. The lowest BCUT2D eigenvalue weighted by atomic mass is 10.2. The first kappa shape index (κ1) is 19.0. The van der Waals surface area contributed by atoms with Gasteiger partial charge in [0, 0.05) is 18.7 Å². The number of carbonyl (C=O) groups is 1. The van der Waals surface area contributed by atoms with E-state index in [2.05, 4.69) is 5.32 Å². The van der Waals surface area contributed by atoms with E-state index in [1.165, 1.54) is 0 Å². The van der Waals surface area contributed by atoms with Crippen molar-refractivity contribution in [1.82, 2.24) is 4.90 Å². The zero-order chi connectivity index (χ0) is 18.4. The van der Waals surface area contributed by atoms with E-state index >= 15 is 0 Å². The van der Waals surface area contributed by atoms with E-state index in [0.29, 0.717) is 23.7 Å². The number of aliphatic hydroxyl groups excluding tert-OH is 1. The molecule has 1 aromatic heterocycles. The van der Waals surface area contributed by atoms with Gasteiger partial charge in [-0.1, -0.05) is 6.92 Å². The standard InChI is InChI=1S/C19H26N2O4/c1-5-17-13(2)10-18(25-17)19(23)20-14-6-8-16(9-7-14)24-12-15(22)11-21(3)4/h6-10,15,22H,5,11-12H2,1-4H3,(H,20,23). The molecule has 1 aromatic carbocycles. The normalized spacial score (nSPS) is 12.2. The molecule has 1 heterocycles. The van der Waals surface area contributed by atoms with E-state index < -0.39 is 6.10 Å². The van der Waals surface area contributed by atoms with E-state index in [-0.39, 0.29) is 12.5 Å². The second-order valence-electron chi connectivity index (χ2n) is 6.28. The predicted octanol–water partition coefficient (Wildman–Crippen LogP) is 2.70. The Labute approximate surface area is 148 Å². The Morgan fingerprint density at radius 1 is 1.32 bits per heavy atom. The minimum atomic E-state index is -0.552. The molecular weight excluding hydrogens is 320 g/mol. The zero-order valence-electron chi connectivity index (χ0n) is 15.2. The largest absolute Gasteiger partial charge is 0.491 e. The lowest BCUT2D eigenvalue weighted by molar-refractivity contribution is 0.0831. The van der Waals surface area contributed by atoms with Crippen LogP contribution in [0.4, 0.5) is 5.69 Å². The average molecular weight is 346 g/mol. The average Bonchev–Trinajstić information content (AvgIpc) is 2.94. The summed E-state index contributed by atoms with van der Waals surface area (Å²) in [7, 11) is 3.79. The highest BCUT2D eigenvalue weighted by molar-refractivity contribution is 6.02. The first-order valence-corrected chi connectivity index (χ1v) is 8.35. The third-order valence-electron chi connectivity index (χ3n) is 3.70. The summed E-state index contributed by atoms with van der Waals surface area (Å²) < 4.78 is 11.1. The van der Waals surface area contributed by atoms with Gasteiger partial charge in [0.15, 0.2) is 5.76 Å². The highest BCUT2D eigenvalue weighted by Crippen LogP contribution is 2.19. The number of nitrogens with zero attached hydrogens (tertiary/aromatic N) is 1. The quantitative estimate of drug-likeness (QED) is 0.769. The monoisotopic (exact) mass is 346 g/mol. The number of ether oxygens (including phenoxy) is 1. The van der Waals surface area contributed by atoms with Crippen molar-refractivity contribution in [2.75, 3.05) is 32.6 Å². The molecule has 0 aliphatic heterocycles. The molecule has 0 radical (unpaired) electrons. The molecule has 0 aliphatic carbocycles. The van der Waals surface area contributed by atoms with Crippen LogP contribution in [-0.2, 0) is 6.42 Å². The first-order valence-electron chi connectivity index (χ1n) is 8.35. The minimum Gasteiger partial charge on any atom is -0.491 e. The van der Waals surface area contributed by atoms with Crippen LogP contribution in [0.2, 0.25) is 0 Å². The summed E-state index contributed by atoms with van der Waals surface area (Å²) in [5, 5.41) is 12.6. The maximum atomic E-state index is 12.2. The maximum Gasteiger partial charge on any atom is 0.291 e. The number of benzene rings is 1. The number of rotatable bonds is 8. The second kappa shape index (κ2) is 8.69. The Balaban J connectivity index is 1.90. The Morgan fingerprint density at radius 2 is 2.00 bits per heavy atom. The van der Waals surface area contributed by atoms with Crippen molar-refractivity contribution in [2.45, 2.75) is 26.4 Å². The highest BCUT2D eigenvalue weighted by Gasteiger charge is 2.14. The summed E-state index contributed by atoms with van der Waals surface area (Å²) in [4.78, 5) is 14.1. The van der Waals surface area contributed by atoms with Gasteiger partial charge < -0.3 is 24.5 Å². The Kier molecular flexibility index (Phi) is 6.61. The van der Waals surface area contributed by atoms with Gasteiger partial charge in [-0.05, 0) is 56.9 Å². The number of furan rings is 1. The molecule has 2 rings (SSSR count). The van der Waals surface area contributed by atoms with Crippen molar-refractivity contribution in [3.63, 3.8) is 0 Å². The number of aryl methyl sites for hydroxylation is 2. The van der Waals surface area contributed by atoms with Crippen molar-refractivity contribution in [3.05, 3.63) is 47.4 Å². The van der Waals surface area contributed by atoms with Gasteiger partial charge in [0.1, 0.15) is 24.2 Å². The van der Waals surface area contributed by atoms with Gasteiger partial charge in [0.05, 0.1) is 0 Å². The first-order chi connectivity index (χ1) is 11.9. The van der Waals surface area contributed by atoms with Crippen LogP contribution in [0.3, 0.4) is 0 Å². The summed E-state index contributed by atoms with van der Waals surface area (Å²) in [6, 6.07) is 8.76. The molecule has 1 unspecified atom stereocenters. The molecule has 6 heteroatoms. The second-order valence-corrected chi connectivity index (χ2v) is 6.28. The summed E-state index contributed by atoms with van der Waals surface area (Å²) in [6.07, 6.45) is 0.203. The van der Waals surface area contributed by atoms with Crippen molar-refractivity contribution in [3.8, 4) is 5.75 Å². The number of nitrogens with one attached hydrogen (secondary N) is 1. The molecule has 0 bridgehead atoms. The van der Waals surface area contributed by atoms with Crippen LogP contribution < -0.4 is 10.1 Å². The van der Waals surface area contributed by atoms with Gasteiger partial charge in [0.25, 0.3) is 5.91 Å². The fourth-order valence-electron chi connectivity index (χ4n) is 2.48. The maximum absolute atomic E-state index is 12.2. The van der Waals surface area contributed by atoms with Gasteiger partial charge in [-0.2, -0.15) is 0 Å². The van der Waals surface area contributed by atoms with Crippen LogP contribution in [0.5, 0.6) is 5.75 Å². The van der Waals surface area contributed by atoms with Gasteiger partial charge >= 0.3 is 0 Å². The van der Waals surface area contributed by atoms with E-state index in [1.807, 2.05) is 32.8 Å². The minimum absolute atomic E-state index is 0.218. The number of carbonyl (C=O) groups excluding carboxylic acids is 1. The lowest BCUT2D eigenvalue weighted by Crippen LogP contribution is -2.30. The van der Waals surface area contributed by atoms with E-state index in [4.69, 9.17) is 9.15 Å². The van der Waals surface area contributed by atoms with Crippen LogP contribution in [0.25, 0.3) is 0 Å². The molecular formula is C19H26N2O4. The number of likely N-dealkylation sites (N-methyl/N-ethyl adjacent to an activating group) is 1. The van der Waals surface area contributed by atoms with Crippen molar-refractivity contribution >= 4 is 11.6 Å². The third-order valence-corrected chi connectivity index (χ3v) is 3.70. The number of hydrogen-bond donors (Lipinski definition) is 2. The zero-order valence-corrected chi connectivity index (χ0v) is 15.2. The van der Waals surface area contributed by atoms with Crippen LogP contribution in [0, 0.1) is 6.92 Å². The number of hydrogen-bond acceptors (Lipinski definition) is 5. The molecule has 0 fully saturated rings. The molecule has 0 spiro atoms. The molecule has 0 aliphatic rings. The summed E-state index contributed by atoms with van der Waals surface area (Å²) in [5.41, 5.74) is 1.63. The molecule has 6 nitrogen and oxygen atoms in total. The smallest absolute Gasteiger partial charge is 0.291 e. The Hall–Kier alpha value is -2.31. The fourth-order valence-corrected chi connectivity index (χ4v) is 2.48. The molecule has 1 amide bonds. The summed E-state index contributed by atoms with van der Waals surface area (Å²) >= 11 is 0. The van der Waals surface area contributed by atoms with Gasteiger partial charge in [-0.15, -0.1) is 0 Å². The molecule has 0 saturated heterocycles. The number of amides is 1. The Morgan fingerprint density at radius 3 is 2.56 bits per heavy atom. The fraction of sp³-hybridized carbons (Fsp3) is 0.421. The molecule has 1 atom stereocenters. The molecule has 2 N–H and O–H groups in total. The van der Waals surface area contributed by atoms with E-state index in [0.717, 1.165) is 17.7 Å². The van der Waals surface area contributed by atoms with E-state index in [1.54, 1.807) is 30.3 Å². The number of anilines is 1. The number of aliphatic hydroxyl groups is 1. The van der Waals surface area contributed by atoms with Crippen LogP contribution in [0.1, 0.15) is 28.8 Å². The van der Waals surface area contributed by atoms with Gasteiger partial charge in [0.2, 0.25) is 0 Å². The molecule has 2 aromatic rings. The van der Waals surface area contributed by atoms with E-state index in [9.17, 15) is 9.90 Å². The molecule has 136 valence electrons. The molecule has 25 heavy (non-hydrogen) atoms. The van der Waals surface area contributed by atoms with Crippen molar-refractivity contribution in [1.29, 1.82) is 0 Å². The van der Waals surface area contributed by atoms with Gasteiger partial charge in [-0.3, -0.25) is 4.79 Å². The summed E-state index contributed by atoms with van der Waals surface area (Å²) in [6.45, 7) is 4.67. The third kappa shape index (κ3) is 5.62. The molecule has 0 saturated carbocycles. The SMILES string of the molecule is CCc1oc(C(=O)Nc2ccc(OCC(O)CN(C)C)cc2)cc1C. The van der Waals surface area contributed by atoms with Crippen LogP contribution >= 0.6 is 0 Å². The van der Waals surface area contributed by atoms with Crippen LogP contribution in [0.15, 0.2) is 34.7 Å². The highest BCUT2D eigenvalue weighted by atomic mass is 16.5. The van der Waals surface area contributed by atoms with Crippen molar-refractivity contribution < 1.29 is 19.1 Å². The Bertz CT molecular complexity index is 692. The van der Waals surface area contributed by atoms with Crippen molar-refractivity contribution in [2.24, 2.45) is 0 Å². The van der Waals surface area contributed by atoms with Crippen LogP contribution in [-0.4, -0.2) is 49.3 Å². The van der Waals surface area contributed by atoms with Gasteiger partial charge in [-0.25, -0.2) is 0 Å².